The van der Waals surface area contributed by atoms with Gasteiger partial charge in [0.25, 0.3) is 0 Å². The van der Waals surface area contributed by atoms with E-state index in [1.807, 2.05) is 37.3 Å². The second kappa shape index (κ2) is 6.52. The van der Waals surface area contributed by atoms with Crippen molar-refractivity contribution < 1.29 is 8.42 Å². The molecule has 0 aliphatic rings. The Morgan fingerprint density at radius 1 is 1.10 bits per heavy atom. The molecular weight excluding hydrogens is 370 g/mol. The zero-order chi connectivity index (χ0) is 15.6. The molecule has 0 unspecified atom stereocenters. The Labute approximate surface area is 138 Å². The second-order valence-corrected chi connectivity index (χ2v) is 8.83. The van der Waals surface area contributed by atoms with Crippen molar-refractivity contribution >= 4 is 37.5 Å². The van der Waals surface area contributed by atoms with Gasteiger partial charge in [-0.3, -0.25) is 0 Å². The fraction of sp³-hybridized carbons (Fsp3) is 0.200. The zero-order valence-corrected chi connectivity index (χ0v) is 14.9. The van der Waals surface area contributed by atoms with E-state index >= 15 is 0 Å². The third-order valence-corrected chi connectivity index (χ3v) is 5.76. The van der Waals surface area contributed by atoms with Crippen LogP contribution in [0.3, 0.4) is 0 Å². The van der Waals surface area contributed by atoms with Crippen LogP contribution in [0.2, 0.25) is 0 Å². The smallest absolute Gasteiger partial charge is 0.175 e. The molecule has 0 fully saturated rings. The molecule has 0 saturated heterocycles. The van der Waals surface area contributed by atoms with Crippen LogP contribution in [-0.4, -0.2) is 14.7 Å². The van der Waals surface area contributed by atoms with E-state index in [0.29, 0.717) is 4.90 Å². The summed E-state index contributed by atoms with van der Waals surface area (Å²) < 4.78 is 23.8. The van der Waals surface area contributed by atoms with Crippen LogP contribution in [0.1, 0.15) is 18.5 Å². The molecule has 2 aromatic rings. The van der Waals surface area contributed by atoms with Crippen LogP contribution < -0.4 is 5.73 Å². The third kappa shape index (κ3) is 4.32. The Balaban J connectivity index is 2.21. The van der Waals surface area contributed by atoms with Gasteiger partial charge in [0.05, 0.1) is 4.90 Å². The van der Waals surface area contributed by atoms with E-state index in [2.05, 4.69) is 15.9 Å². The minimum Gasteiger partial charge on any atom is -0.324 e. The number of hydrogen-bond donors (Lipinski definition) is 1. The number of benzene rings is 2. The Bertz CT molecular complexity index is 741. The monoisotopic (exact) mass is 385 g/mol. The maximum absolute atomic E-state index is 11.4. The Hall–Kier alpha value is -0.820. The van der Waals surface area contributed by atoms with E-state index < -0.39 is 9.84 Å². The standard InChI is InChI=1S/C15H16BrNO2S2/c1-10(17)14-8-5-12(9-15(14)16)20-11-3-6-13(7-4-11)21(2,18)19/h3-10H,17H2,1-2H3/t10-/m0/s1. The highest BCUT2D eigenvalue weighted by molar-refractivity contribution is 9.10. The molecule has 2 N–H and O–H groups in total. The molecule has 1 atom stereocenters. The van der Waals surface area contributed by atoms with Crippen molar-refractivity contribution in [2.75, 3.05) is 6.26 Å². The first-order chi connectivity index (χ1) is 9.77. The molecule has 21 heavy (non-hydrogen) atoms. The van der Waals surface area contributed by atoms with E-state index in [-0.39, 0.29) is 6.04 Å². The van der Waals surface area contributed by atoms with Crippen molar-refractivity contribution in [3.63, 3.8) is 0 Å². The number of halogens is 1. The molecule has 0 radical (unpaired) electrons. The van der Waals surface area contributed by atoms with E-state index in [9.17, 15) is 8.42 Å². The van der Waals surface area contributed by atoms with Gasteiger partial charge in [0.2, 0.25) is 0 Å². The average Bonchev–Trinajstić information content (AvgIpc) is 2.38. The zero-order valence-electron chi connectivity index (χ0n) is 11.7. The Kier molecular flexibility index (Phi) is 5.14. The van der Waals surface area contributed by atoms with Gasteiger partial charge in [-0.1, -0.05) is 33.8 Å². The quantitative estimate of drug-likeness (QED) is 0.862. The second-order valence-electron chi connectivity index (χ2n) is 4.82. The van der Waals surface area contributed by atoms with E-state index in [1.165, 1.54) is 6.26 Å². The van der Waals surface area contributed by atoms with Gasteiger partial charge in [-0.2, -0.15) is 0 Å². The molecule has 2 rings (SSSR count). The molecule has 0 spiro atoms. The van der Waals surface area contributed by atoms with Gasteiger partial charge in [0.1, 0.15) is 0 Å². The summed E-state index contributed by atoms with van der Waals surface area (Å²) >= 11 is 5.10. The molecule has 0 saturated carbocycles. The van der Waals surface area contributed by atoms with Crippen LogP contribution in [0.4, 0.5) is 0 Å². The minimum absolute atomic E-state index is 0.0209. The van der Waals surface area contributed by atoms with Crippen LogP contribution in [0.25, 0.3) is 0 Å². The van der Waals surface area contributed by atoms with Crippen LogP contribution in [-0.2, 0) is 9.84 Å². The number of rotatable bonds is 4. The van der Waals surface area contributed by atoms with E-state index in [1.54, 1.807) is 23.9 Å². The first kappa shape index (κ1) is 16.5. The normalized spacial score (nSPS) is 13.1. The van der Waals surface area contributed by atoms with Gasteiger partial charge in [-0.15, -0.1) is 0 Å². The lowest BCUT2D eigenvalue weighted by Gasteiger charge is -2.10. The average molecular weight is 386 g/mol. The summed E-state index contributed by atoms with van der Waals surface area (Å²) in [5, 5.41) is 0. The molecule has 0 bridgehead atoms. The fourth-order valence-electron chi connectivity index (χ4n) is 1.83. The van der Waals surface area contributed by atoms with Gasteiger partial charge in [-0.25, -0.2) is 8.42 Å². The molecule has 112 valence electrons. The van der Waals surface area contributed by atoms with Crippen LogP contribution >= 0.6 is 27.7 Å². The summed E-state index contributed by atoms with van der Waals surface area (Å²) in [6.07, 6.45) is 1.21. The van der Waals surface area contributed by atoms with Crippen molar-refractivity contribution in [2.45, 2.75) is 27.7 Å². The molecule has 0 heterocycles. The fourth-order valence-corrected chi connectivity index (χ4v) is 4.21. The Morgan fingerprint density at radius 3 is 2.14 bits per heavy atom. The highest BCUT2D eigenvalue weighted by Gasteiger charge is 2.08. The SMILES string of the molecule is C[C@H](N)c1ccc(Sc2ccc(S(C)(=O)=O)cc2)cc1Br. The summed E-state index contributed by atoms with van der Waals surface area (Å²) in [4.78, 5) is 2.39. The lowest BCUT2D eigenvalue weighted by molar-refractivity contribution is 0.602. The summed E-state index contributed by atoms with van der Waals surface area (Å²) in [6.45, 7) is 1.94. The lowest BCUT2D eigenvalue weighted by atomic mass is 10.1. The molecule has 0 aromatic heterocycles. The topological polar surface area (TPSA) is 60.2 Å². The largest absolute Gasteiger partial charge is 0.324 e. The minimum atomic E-state index is -3.14. The predicted octanol–water partition coefficient (Wildman–Crippen LogP) is 4.02. The molecule has 0 aliphatic carbocycles. The van der Waals surface area contributed by atoms with Crippen molar-refractivity contribution in [3.05, 3.63) is 52.5 Å². The number of sulfone groups is 1. The molecule has 0 aliphatic heterocycles. The first-order valence-corrected chi connectivity index (χ1v) is 9.80. The molecular formula is C15H16BrNO2S2. The van der Waals surface area contributed by atoms with Crippen LogP contribution in [0.15, 0.2) is 61.6 Å². The van der Waals surface area contributed by atoms with Crippen molar-refractivity contribution in [3.8, 4) is 0 Å². The maximum Gasteiger partial charge on any atom is 0.175 e. The first-order valence-electron chi connectivity index (χ1n) is 6.30. The molecule has 6 heteroatoms. The maximum atomic E-state index is 11.4. The van der Waals surface area contributed by atoms with Crippen molar-refractivity contribution in [1.82, 2.24) is 0 Å². The molecule has 0 amide bonds. The summed E-state index contributed by atoms with van der Waals surface area (Å²) in [6, 6.07) is 12.9. The van der Waals surface area contributed by atoms with Gasteiger partial charge >= 0.3 is 0 Å². The third-order valence-electron chi connectivity index (χ3n) is 2.95. The summed E-state index contributed by atoms with van der Waals surface area (Å²) in [5.41, 5.74) is 6.94. The predicted molar refractivity (Wildman–Crippen MR) is 90.4 cm³/mol. The summed E-state index contributed by atoms with van der Waals surface area (Å²) in [7, 11) is -3.14. The lowest BCUT2D eigenvalue weighted by Crippen LogP contribution is -2.05. The highest BCUT2D eigenvalue weighted by atomic mass is 79.9. The van der Waals surface area contributed by atoms with Gasteiger partial charge < -0.3 is 5.73 Å². The van der Waals surface area contributed by atoms with E-state index in [4.69, 9.17) is 5.73 Å². The van der Waals surface area contributed by atoms with Crippen molar-refractivity contribution in [2.24, 2.45) is 5.73 Å². The Morgan fingerprint density at radius 2 is 1.67 bits per heavy atom. The molecule has 3 nitrogen and oxygen atoms in total. The van der Waals surface area contributed by atoms with Gasteiger partial charge in [0, 0.05) is 26.6 Å². The highest BCUT2D eigenvalue weighted by Crippen LogP contribution is 2.32. The van der Waals surface area contributed by atoms with E-state index in [0.717, 1.165) is 19.8 Å². The summed E-state index contributed by atoms with van der Waals surface area (Å²) in [5.74, 6) is 0. The van der Waals surface area contributed by atoms with Crippen LogP contribution in [0, 0.1) is 0 Å². The van der Waals surface area contributed by atoms with Gasteiger partial charge in [0.15, 0.2) is 9.84 Å². The molecule has 2 aromatic carbocycles. The number of nitrogens with two attached hydrogens (primary N) is 1. The van der Waals surface area contributed by atoms with Crippen LogP contribution in [0.5, 0.6) is 0 Å². The van der Waals surface area contributed by atoms with Gasteiger partial charge in [-0.05, 0) is 48.9 Å². The van der Waals surface area contributed by atoms with Crippen molar-refractivity contribution in [1.29, 1.82) is 0 Å². The number of hydrogen-bond acceptors (Lipinski definition) is 4.